The molecule has 30 heavy (non-hydrogen) atoms. The summed E-state index contributed by atoms with van der Waals surface area (Å²) in [6, 6.07) is 10.1. The van der Waals surface area contributed by atoms with E-state index in [0.29, 0.717) is 37.5 Å². The molecule has 3 aromatic rings. The Hall–Kier alpha value is -3.22. The van der Waals surface area contributed by atoms with Crippen molar-refractivity contribution < 1.29 is 9.59 Å². The Morgan fingerprint density at radius 3 is 2.93 bits per heavy atom. The van der Waals surface area contributed by atoms with Crippen LogP contribution in [0.3, 0.4) is 0 Å². The molecule has 0 aliphatic carbocycles. The summed E-state index contributed by atoms with van der Waals surface area (Å²) in [6.07, 6.45) is 7.72. The van der Waals surface area contributed by atoms with Crippen LogP contribution in [0.25, 0.3) is 5.78 Å². The Morgan fingerprint density at radius 1 is 1.20 bits per heavy atom. The van der Waals surface area contributed by atoms with Gasteiger partial charge < -0.3 is 9.80 Å². The second-order valence-electron chi connectivity index (χ2n) is 8.53. The molecule has 2 saturated heterocycles. The lowest BCUT2D eigenvalue weighted by Crippen LogP contribution is -2.50. The minimum absolute atomic E-state index is 0.124. The maximum absolute atomic E-state index is 13.4. The number of rotatable bonds is 3. The van der Waals surface area contributed by atoms with Crippen LogP contribution in [-0.2, 0) is 11.3 Å². The molecule has 7 heteroatoms. The summed E-state index contributed by atoms with van der Waals surface area (Å²) in [6.45, 7) is 4.54. The molecule has 1 spiro atoms. The third-order valence-electron chi connectivity index (χ3n) is 6.38. The molecule has 0 radical (unpaired) electrons. The number of likely N-dealkylation sites (tertiary alicyclic amines) is 2. The maximum Gasteiger partial charge on any atom is 0.274 e. The number of aryl methyl sites for hydroxylation is 1. The molecule has 2 fully saturated rings. The van der Waals surface area contributed by atoms with Gasteiger partial charge in [0.2, 0.25) is 11.7 Å². The zero-order valence-corrected chi connectivity index (χ0v) is 17.1. The first-order valence-electron chi connectivity index (χ1n) is 10.5. The summed E-state index contributed by atoms with van der Waals surface area (Å²) in [5, 5.41) is 0. The number of carbonyl (C=O) groups is 2. The number of hydrogen-bond donors (Lipinski definition) is 0. The van der Waals surface area contributed by atoms with Crippen molar-refractivity contribution in [2.24, 2.45) is 5.41 Å². The highest BCUT2D eigenvalue weighted by atomic mass is 16.2. The van der Waals surface area contributed by atoms with E-state index in [9.17, 15) is 9.59 Å². The molecule has 2 aliphatic rings. The Bertz CT molecular complexity index is 1090. The number of nitrogens with zero attached hydrogens (tertiary/aromatic N) is 5. The van der Waals surface area contributed by atoms with Crippen molar-refractivity contribution in [3.05, 3.63) is 65.7 Å². The van der Waals surface area contributed by atoms with Crippen molar-refractivity contribution in [2.75, 3.05) is 19.6 Å². The summed E-state index contributed by atoms with van der Waals surface area (Å²) < 4.78 is 1.74. The predicted octanol–water partition coefficient (Wildman–Crippen LogP) is 2.69. The van der Waals surface area contributed by atoms with Crippen LogP contribution >= 0.6 is 0 Å². The lowest BCUT2D eigenvalue weighted by atomic mass is 9.78. The molecule has 1 atom stereocenters. The van der Waals surface area contributed by atoms with Crippen molar-refractivity contribution in [3.63, 3.8) is 0 Å². The Labute approximate surface area is 175 Å². The van der Waals surface area contributed by atoms with Gasteiger partial charge >= 0.3 is 0 Å². The summed E-state index contributed by atoms with van der Waals surface area (Å²) in [5.74, 6) is 0.566. The number of carbonyl (C=O) groups excluding carboxylic acids is 2. The highest BCUT2D eigenvalue weighted by Gasteiger charge is 2.49. The normalized spacial score (nSPS) is 21.7. The van der Waals surface area contributed by atoms with Crippen LogP contribution < -0.4 is 0 Å². The minimum atomic E-state index is -0.463. The van der Waals surface area contributed by atoms with E-state index in [0.717, 1.165) is 24.9 Å². The lowest BCUT2D eigenvalue weighted by Gasteiger charge is -2.39. The Kier molecular flexibility index (Phi) is 4.53. The highest BCUT2D eigenvalue weighted by molar-refractivity contribution is 5.94. The number of imidazole rings is 1. The SMILES string of the molecule is Cc1cccc(CN2CCC[C@@]3(CCN(C(=O)c4cn5cccnc5n4)C3)C2=O)c1. The molecule has 1 aromatic carbocycles. The van der Waals surface area contributed by atoms with Gasteiger partial charge in [-0.1, -0.05) is 29.8 Å². The number of benzene rings is 1. The van der Waals surface area contributed by atoms with Crippen molar-refractivity contribution in [3.8, 4) is 0 Å². The molecule has 0 saturated carbocycles. The van der Waals surface area contributed by atoms with Crippen LogP contribution in [0.2, 0.25) is 0 Å². The lowest BCUT2D eigenvalue weighted by molar-refractivity contribution is -0.146. The molecule has 7 nitrogen and oxygen atoms in total. The van der Waals surface area contributed by atoms with E-state index in [1.165, 1.54) is 5.56 Å². The molecule has 5 rings (SSSR count). The van der Waals surface area contributed by atoms with Gasteiger partial charge in [0.05, 0.1) is 5.41 Å². The van der Waals surface area contributed by atoms with Crippen LogP contribution in [0.4, 0.5) is 0 Å². The summed E-state index contributed by atoms with van der Waals surface area (Å²) in [5.41, 5.74) is 2.27. The van der Waals surface area contributed by atoms with E-state index >= 15 is 0 Å². The van der Waals surface area contributed by atoms with Gasteiger partial charge in [-0.25, -0.2) is 9.97 Å². The van der Waals surface area contributed by atoms with Crippen LogP contribution in [0.1, 0.15) is 40.9 Å². The standard InChI is InChI=1S/C23H25N5O2/c1-17-5-2-6-18(13-17)14-26-10-3-7-23(21(26)30)8-12-28(16-23)20(29)19-15-27-11-4-9-24-22(27)25-19/h2,4-6,9,11,13,15H,3,7-8,10,12,14,16H2,1H3/t23-/m0/s1. The summed E-state index contributed by atoms with van der Waals surface area (Å²) in [4.78, 5) is 38.8. The van der Waals surface area contributed by atoms with Crippen molar-refractivity contribution >= 4 is 17.6 Å². The molecule has 2 aromatic heterocycles. The zero-order chi connectivity index (χ0) is 20.7. The number of amides is 2. The Morgan fingerprint density at radius 2 is 2.10 bits per heavy atom. The van der Waals surface area contributed by atoms with Crippen LogP contribution in [0.15, 0.2) is 48.9 Å². The van der Waals surface area contributed by atoms with E-state index in [1.807, 2.05) is 17.2 Å². The molecule has 2 aliphatic heterocycles. The van der Waals surface area contributed by atoms with E-state index in [-0.39, 0.29) is 11.8 Å². The van der Waals surface area contributed by atoms with Gasteiger partial charge in [0.15, 0.2) is 0 Å². The molecule has 0 bridgehead atoms. The average molecular weight is 403 g/mol. The van der Waals surface area contributed by atoms with E-state index in [4.69, 9.17) is 0 Å². The topological polar surface area (TPSA) is 70.8 Å². The molecule has 0 unspecified atom stereocenters. The summed E-state index contributed by atoms with van der Waals surface area (Å²) >= 11 is 0. The third-order valence-corrected chi connectivity index (χ3v) is 6.38. The first-order valence-corrected chi connectivity index (χ1v) is 10.5. The molecule has 4 heterocycles. The van der Waals surface area contributed by atoms with Gasteiger partial charge in [-0.15, -0.1) is 0 Å². The zero-order valence-electron chi connectivity index (χ0n) is 17.1. The predicted molar refractivity (Wildman–Crippen MR) is 112 cm³/mol. The number of aromatic nitrogens is 3. The van der Waals surface area contributed by atoms with Gasteiger partial charge in [-0.2, -0.15) is 0 Å². The van der Waals surface area contributed by atoms with E-state index in [1.54, 1.807) is 27.8 Å². The smallest absolute Gasteiger partial charge is 0.274 e. The molecule has 2 amide bonds. The molecule has 0 N–H and O–H groups in total. The first-order chi connectivity index (χ1) is 14.5. The molecule has 154 valence electrons. The minimum Gasteiger partial charge on any atom is -0.338 e. The van der Waals surface area contributed by atoms with E-state index in [2.05, 4.69) is 35.1 Å². The Balaban J connectivity index is 1.32. The van der Waals surface area contributed by atoms with Crippen LogP contribution in [-0.4, -0.2) is 55.6 Å². The van der Waals surface area contributed by atoms with Gasteiger partial charge in [0.1, 0.15) is 5.69 Å². The fourth-order valence-electron chi connectivity index (χ4n) is 4.85. The summed E-state index contributed by atoms with van der Waals surface area (Å²) in [7, 11) is 0. The number of piperidine rings is 1. The van der Waals surface area contributed by atoms with E-state index < -0.39 is 5.41 Å². The van der Waals surface area contributed by atoms with Crippen LogP contribution in [0, 0.1) is 12.3 Å². The van der Waals surface area contributed by atoms with Crippen LogP contribution in [0.5, 0.6) is 0 Å². The molecular formula is C23H25N5O2. The third kappa shape index (κ3) is 3.24. The fraction of sp³-hybridized carbons (Fsp3) is 0.391. The second-order valence-corrected chi connectivity index (χ2v) is 8.53. The van der Waals surface area contributed by atoms with Gasteiger partial charge in [-0.3, -0.25) is 14.0 Å². The van der Waals surface area contributed by atoms with Crippen molar-refractivity contribution in [2.45, 2.75) is 32.7 Å². The maximum atomic E-state index is 13.4. The van der Waals surface area contributed by atoms with Crippen molar-refractivity contribution in [1.82, 2.24) is 24.2 Å². The second kappa shape index (κ2) is 7.23. The van der Waals surface area contributed by atoms with Crippen molar-refractivity contribution in [1.29, 1.82) is 0 Å². The van der Waals surface area contributed by atoms with Gasteiger partial charge in [-0.05, 0) is 37.8 Å². The quantitative estimate of drug-likeness (QED) is 0.674. The van der Waals surface area contributed by atoms with Gasteiger partial charge in [0.25, 0.3) is 5.91 Å². The first kappa shape index (κ1) is 18.8. The molecular weight excluding hydrogens is 378 g/mol. The fourth-order valence-corrected chi connectivity index (χ4v) is 4.85. The average Bonchev–Trinajstić information content (AvgIpc) is 3.36. The highest BCUT2D eigenvalue weighted by Crippen LogP contribution is 2.41. The number of hydrogen-bond acceptors (Lipinski definition) is 4. The monoisotopic (exact) mass is 403 g/mol. The number of fused-ring (bicyclic) bond motifs is 1. The van der Waals surface area contributed by atoms with Gasteiger partial charge in [0, 0.05) is 44.8 Å². The largest absolute Gasteiger partial charge is 0.338 e.